The summed E-state index contributed by atoms with van der Waals surface area (Å²) in [5.41, 5.74) is 0.631. The summed E-state index contributed by atoms with van der Waals surface area (Å²) in [6.45, 7) is 0.660. The normalized spacial score (nSPS) is 19.1. The van der Waals surface area contributed by atoms with Gasteiger partial charge in [-0.05, 0) is 24.3 Å². The summed E-state index contributed by atoms with van der Waals surface area (Å²) in [6, 6.07) is 4.29. The third kappa shape index (κ3) is 3.17. The first kappa shape index (κ1) is 16.2. The van der Waals surface area contributed by atoms with Crippen LogP contribution in [0.15, 0.2) is 38.6 Å². The molecule has 1 unspecified atom stereocenters. The van der Waals surface area contributed by atoms with E-state index in [-0.39, 0.29) is 10.1 Å². The Hall–Kier alpha value is -1.71. The Morgan fingerprint density at radius 3 is 3.00 bits per heavy atom. The minimum atomic E-state index is -3.61. The Morgan fingerprint density at radius 2 is 2.35 bits per heavy atom. The molecule has 0 aromatic carbocycles. The molecule has 2 aromatic rings. The minimum Gasteiger partial charge on any atom is -0.364 e. The number of hydrogen-bond donors (Lipinski definition) is 0. The lowest BCUT2D eigenvalue weighted by atomic mass is 10.2. The highest BCUT2D eigenvalue weighted by molar-refractivity contribution is 7.91. The fourth-order valence-electron chi connectivity index (χ4n) is 2.69. The molecule has 3 heterocycles. The van der Waals surface area contributed by atoms with Crippen molar-refractivity contribution >= 4 is 27.3 Å². The van der Waals surface area contributed by atoms with Gasteiger partial charge < -0.3 is 9.42 Å². The zero-order valence-corrected chi connectivity index (χ0v) is 14.2. The molecule has 3 rings (SSSR count). The topological polar surface area (TPSA) is 83.7 Å². The highest BCUT2D eigenvalue weighted by Gasteiger charge is 2.40. The summed E-state index contributed by atoms with van der Waals surface area (Å²) in [4.78, 5) is 14.2. The number of carbonyl (C=O) groups is 1. The highest BCUT2D eigenvalue weighted by Crippen LogP contribution is 2.29. The van der Waals surface area contributed by atoms with E-state index < -0.39 is 16.1 Å². The van der Waals surface area contributed by atoms with Gasteiger partial charge in [0, 0.05) is 19.7 Å². The van der Waals surface area contributed by atoms with E-state index in [4.69, 9.17) is 4.52 Å². The SMILES string of the molecule is CN(Cc1ccon1)C(=O)C1CCCN1S(=O)(=O)c1cccs1. The van der Waals surface area contributed by atoms with E-state index in [1.807, 2.05) is 0 Å². The maximum atomic E-state index is 12.7. The second-order valence-corrected chi connectivity index (χ2v) is 8.46. The molecule has 0 saturated carbocycles. The van der Waals surface area contributed by atoms with Crippen molar-refractivity contribution < 1.29 is 17.7 Å². The van der Waals surface area contributed by atoms with E-state index in [0.29, 0.717) is 31.6 Å². The molecule has 1 aliphatic rings. The Balaban J connectivity index is 1.77. The average molecular weight is 355 g/mol. The maximum absolute atomic E-state index is 12.7. The summed E-state index contributed by atoms with van der Waals surface area (Å²) in [5, 5.41) is 5.49. The third-order valence-corrected chi connectivity index (χ3v) is 7.09. The number of aromatic nitrogens is 1. The Bertz CT molecular complexity index is 756. The van der Waals surface area contributed by atoms with Crippen LogP contribution in [0.1, 0.15) is 18.5 Å². The van der Waals surface area contributed by atoms with Crippen LogP contribution in [0.3, 0.4) is 0 Å². The van der Waals surface area contributed by atoms with Crippen molar-refractivity contribution in [1.29, 1.82) is 0 Å². The van der Waals surface area contributed by atoms with E-state index in [2.05, 4.69) is 5.16 Å². The molecule has 1 aliphatic heterocycles. The molecule has 0 bridgehead atoms. The van der Waals surface area contributed by atoms with Gasteiger partial charge in [0.05, 0.1) is 6.54 Å². The molecular weight excluding hydrogens is 338 g/mol. The van der Waals surface area contributed by atoms with Crippen LogP contribution in [-0.4, -0.2) is 48.3 Å². The number of likely N-dealkylation sites (N-methyl/N-ethyl adjacent to an activating group) is 1. The highest BCUT2D eigenvalue weighted by atomic mass is 32.2. The van der Waals surface area contributed by atoms with Crippen LogP contribution >= 0.6 is 11.3 Å². The maximum Gasteiger partial charge on any atom is 0.253 e. The number of nitrogens with zero attached hydrogens (tertiary/aromatic N) is 3. The van der Waals surface area contributed by atoms with Gasteiger partial charge in [-0.2, -0.15) is 4.31 Å². The lowest BCUT2D eigenvalue weighted by molar-refractivity contribution is -0.133. The molecule has 124 valence electrons. The molecule has 1 amide bonds. The van der Waals surface area contributed by atoms with Crippen molar-refractivity contribution in [1.82, 2.24) is 14.4 Å². The number of hydrogen-bond acceptors (Lipinski definition) is 6. The predicted molar refractivity (Wildman–Crippen MR) is 84.2 cm³/mol. The number of carbonyl (C=O) groups excluding carboxylic acids is 1. The van der Waals surface area contributed by atoms with Crippen LogP contribution in [0.2, 0.25) is 0 Å². The van der Waals surface area contributed by atoms with Crippen LogP contribution in [0.5, 0.6) is 0 Å². The third-order valence-electron chi connectivity index (χ3n) is 3.81. The minimum absolute atomic E-state index is 0.217. The predicted octanol–water partition coefficient (Wildman–Crippen LogP) is 1.55. The van der Waals surface area contributed by atoms with Crippen molar-refractivity contribution in [2.24, 2.45) is 0 Å². The van der Waals surface area contributed by atoms with E-state index in [1.54, 1.807) is 30.6 Å². The van der Waals surface area contributed by atoms with Crippen LogP contribution in [0.4, 0.5) is 0 Å². The molecule has 1 atom stereocenters. The van der Waals surface area contributed by atoms with Gasteiger partial charge in [0.15, 0.2) is 0 Å². The van der Waals surface area contributed by atoms with Gasteiger partial charge in [-0.1, -0.05) is 11.2 Å². The van der Waals surface area contributed by atoms with Crippen LogP contribution in [0.25, 0.3) is 0 Å². The monoisotopic (exact) mass is 355 g/mol. The van der Waals surface area contributed by atoms with Crippen LogP contribution in [0, 0.1) is 0 Å². The Morgan fingerprint density at radius 1 is 1.52 bits per heavy atom. The fraction of sp³-hybridized carbons (Fsp3) is 0.429. The van der Waals surface area contributed by atoms with E-state index in [0.717, 1.165) is 0 Å². The quantitative estimate of drug-likeness (QED) is 0.812. The van der Waals surface area contributed by atoms with Gasteiger partial charge in [-0.25, -0.2) is 8.42 Å². The van der Waals surface area contributed by atoms with Gasteiger partial charge >= 0.3 is 0 Å². The Labute approximate surface area is 138 Å². The van der Waals surface area contributed by atoms with E-state index in [1.165, 1.54) is 26.8 Å². The lowest BCUT2D eigenvalue weighted by Crippen LogP contribution is -2.46. The van der Waals surface area contributed by atoms with E-state index in [9.17, 15) is 13.2 Å². The van der Waals surface area contributed by atoms with Gasteiger partial charge in [-0.3, -0.25) is 4.79 Å². The van der Waals surface area contributed by atoms with Crippen LogP contribution in [-0.2, 0) is 21.4 Å². The summed E-state index contributed by atoms with van der Waals surface area (Å²) >= 11 is 1.17. The van der Waals surface area contributed by atoms with Gasteiger partial charge in [-0.15, -0.1) is 11.3 Å². The lowest BCUT2D eigenvalue weighted by Gasteiger charge is -2.26. The van der Waals surface area contributed by atoms with E-state index >= 15 is 0 Å². The molecule has 0 spiro atoms. The second kappa shape index (κ2) is 6.42. The van der Waals surface area contributed by atoms with Crippen molar-refractivity contribution in [3.8, 4) is 0 Å². The molecule has 0 radical (unpaired) electrons. The standard InChI is InChI=1S/C14H17N3O4S2/c1-16(10-11-6-8-21-15-11)14(18)12-4-2-7-17(12)23(19,20)13-5-3-9-22-13/h3,5-6,8-9,12H,2,4,7,10H2,1H3. The first-order valence-corrected chi connectivity index (χ1v) is 9.51. The van der Waals surface area contributed by atoms with Gasteiger partial charge in [0.2, 0.25) is 5.91 Å². The van der Waals surface area contributed by atoms with Crippen LogP contribution < -0.4 is 0 Å². The molecule has 1 fully saturated rings. The number of rotatable bonds is 5. The summed E-state index contributed by atoms with van der Waals surface area (Å²) in [6.07, 6.45) is 2.65. The second-order valence-electron chi connectivity index (χ2n) is 5.39. The van der Waals surface area contributed by atoms with Crippen molar-refractivity contribution in [3.05, 3.63) is 35.5 Å². The zero-order valence-electron chi connectivity index (χ0n) is 12.6. The first-order chi connectivity index (χ1) is 11.0. The van der Waals surface area contributed by atoms with Gasteiger partial charge in [0.25, 0.3) is 10.0 Å². The van der Waals surface area contributed by atoms with Crippen molar-refractivity contribution in [3.63, 3.8) is 0 Å². The Kier molecular flexibility index (Phi) is 4.51. The zero-order chi connectivity index (χ0) is 16.4. The molecule has 7 nitrogen and oxygen atoms in total. The molecular formula is C14H17N3O4S2. The fourth-order valence-corrected chi connectivity index (χ4v) is 5.47. The molecule has 0 aliphatic carbocycles. The number of amides is 1. The molecule has 2 aromatic heterocycles. The average Bonchev–Trinajstić information content (AvgIpc) is 3.26. The molecule has 1 saturated heterocycles. The molecule has 0 N–H and O–H groups in total. The van der Waals surface area contributed by atoms with Crippen molar-refractivity contribution in [2.75, 3.05) is 13.6 Å². The first-order valence-electron chi connectivity index (χ1n) is 7.20. The summed E-state index contributed by atoms with van der Waals surface area (Å²) in [5.74, 6) is -0.217. The van der Waals surface area contributed by atoms with Gasteiger partial charge in [0.1, 0.15) is 22.2 Å². The number of thiophene rings is 1. The summed E-state index contributed by atoms with van der Waals surface area (Å²) < 4.78 is 31.7. The summed E-state index contributed by atoms with van der Waals surface area (Å²) in [7, 11) is -1.97. The largest absolute Gasteiger partial charge is 0.364 e. The molecule has 9 heteroatoms. The molecule has 23 heavy (non-hydrogen) atoms. The number of sulfonamides is 1. The smallest absolute Gasteiger partial charge is 0.253 e. The van der Waals surface area contributed by atoms with Crippen molar-refractivity contribution in [2.45, 2.75) is 29.6 Å².